The van der Waals surface area contributed by atoms with E-state index in [0.717, 1.165) is 58.1 Å². The maximum absolute atomic E-state index is 11.3. The summed E-state index contributed by atoms with van der Waals surface area (Å²) in [5, 5.41) is 3.43. The number of hydrogen-bond donors (Lipinski definition) is 2. The molecule has 1 aliphatic rings. The second kappa shape index (κ2) is 13.8. The number of piperidine rings is 1. The highest BCUT2D eigenvalue weighted by molar-refractivity contribution is 14.0. The number of nitrogens with two attached hydrogens (primary N) is 1. The molecule has 0 saturated carbocycles. The summed E-state index contributed by atoms with van der Waals surface area (Å²) in [4.78, 5) is 21.0. The van der Waals surface area contributed by atoms with E-state index < -0.39 is 0 Å². The number of benzene rings is 1. The lowest BCUT2D eigenvalue weighted by molar-refractivity contribution is -0.119. The molecule has 2 rings (SSSR count). The average molecular weight is 515 g/mol. The van der Waals surface area contributed by atoms with Crippen LogP contribution in [-0.2, 0) is 17.9 Å². The number of nitrogens with one attached hydrogen (secondary N) is 1. The van der Waals surface area contributed by atoms with Crippen LogP contribution >= 0.6 is 24.0 Å². The predicted molar refractivity (Wildman–Crippen MR) is 131 cm³/mol. The molecule has 0 aromatic heterocycles. The third-order valence-corrected chi connectivity index (χ3v) is 5.45. The van der Waals surface area contributed by atoms with Crippen LogP contribution in [0.4, 0.5) is 0 Å². The number of nitrogens with zero attached hydrogens (tertiary/aromatic N) is 3. The number of hydrogen-bond acceptors (Lipinski definition) is 3. The first-order valence-corrected chi connectivity index (χ1v) is 10.7. The van der Waals surface area contributed by atoms with Gasteiger partial charge < -0.3 is 16.0 Å². The zero-order valence-electron chi connectivity index (χ0n) is 18.2. The summed E-state index contributed by atoms with van der Waals surface area (Å²) in [6, 6.07) is 8.58. The van der Waals surface area contributed by atoms with Gasteiger partial charge in [-0.3, -0.25) is 9.69 Å². The van der Waals surface area contributed by atoms with Gasteiger partial charge in [0.1, 0.15) is 0 Å². The molecule has 0 bridgehead atoms. The Morgan fingerprint density at radius 1 is 1.24 bits per heavy atom. The number of primary amides is 1. The van der Waals surface area contributed by atoms with Gasteiger partial charge in [0.25, 0.3) is 0 Å². The van der Waals surface area contributed by atoms with Crippen molar-refractivity contribution in [2.24, 2.45) is 16.6 Å². The minimum atomic E-state index is -0.209. The summed E-state index contributed by atoms with van der Waals surface area (Å²) in [7, 11) is 0. The molecule has 1 heterocycles. The minimum Gasteiger partial charge on any atom is -0.370 e. The normalized spacial score (nSPS) is 17.2. The van der Waals surface area contributed by atoms with Crippen LogP contribution in [0.5, 0.6) is 0 Å². The number of aliphatic imine (C=N–C) groups is 1. The van der Waals surface area contributed by atoms with Crippen molar-refractivity contribution < 1.29 is 4.79 Å². The lowest BCUT2D eigenvalue weighted by Crippen LogP contribution is -2.47. The maximum atomic E-state index is 11.3. The first kappa shape index (κ1) is 25.7. The van der Waals surface area contributed by atoms with Gasteiger partial charge in [-0.15, -0.1) is 24.0 Å². The van der Waals surface area contributed by atoms with Gasteiger partial charge in [0.05, 0.1) is 6.54 Å². The molecule has 1 amide bonds. The molecule has 0 aliphatic carbocycles. The van der Waals surface area contributed by atoms with Crippen LogP contribution in [0.3, 0.4) is 0 Å². The number of carbonyl (C=O) groups is 1. The largest absolute Gasteiger partial charge is 0.370 e. The van der Waals surface area contributed by atoms with Crippen LogP contribution in [0.1, 0.15) is 51.2 Å². The quantitative estimate of drug-likeness (QED) is 0.301. The van der Waals surface area contributed by atoms with E-state index in [9.17, 15) is 4.79 Å². The smallest absolute Gasteiger partial charge is 0.217 e. The lowest BCUT2D eigenvalue weighted by atomic mass is 9.95. The molecular formula is C22H38IN5O. The monoisotopic (exact) mass is 515 g/mol. The number of likely N-dealkylation sites (tertiary alicyclic amines) is 1. The molecule has 1 aromatic rings. The van der Waals surface area contributed by atoms with Crippen LogP contribution < -0.4 is 11.1 Å². The predicted octanol–water partition coefficient (Wildman–Crippen LogP) is 3.20. The van der Waals surface area contributed by atoms with Crippen LogP contribution in [0.15, 0.2) is 29.3 Å². The summed E-state index contributed by atoms with van der Waals surface area (Å²) in [5.74, 6) is 1.05. The summed E-state index contributed by atoms with van der Waals surface area (Å²) < 4.78 is 0. The third-order valence-electron chi connectivity index (χ3n) is 5.45. The third kappa shape index (κ3) is 8.50. The maximum Gasteiger partial charge on any atom is 0.217 e. The molecule has 1 aromatic carbocycles. The van der Waals surface area contributed by atoms with Crippen LogP contribution in [-0.4, -0.2) is 54.4 Å². The summed E-state index contributed by atoms with van der Waals surface area (Å²) in [6.45, 7) is 12.9. The number of carbonyl (C=O) groups excluding carboxylic acids is 1. The van der Waals surface area contributed by atoms with Gasteiger partial charge in [0.15, 0.2) is 5.96 Å². The Morgan fingerprint density at radius 3 is 2.55 bits per heavy atom. The molecule has 29 heavy (non-hydrogen) atoms. The Morgan fingerprint density at radius 2 is 1.93 bits per heavy atom. The molecule has 1 atom stereocenters. The fourth-order valence-corrected chi connectivity index (χ4v) is 3.85. The first-order chi connectivity index (χ1) is 13.6. The fourth-order valence-electron chi connectivity index (χ4n) is 3.85. The van der Waals surface area contributed by atoms with E-state index in [4.69, 9.17) is 10.7 Å². The van der Waals surface area contributed by atoms with Gasteiger partial charge in [-0.05, 0) is 49.9 Å². The van der Waals surface area contributed by atoms with Gasteiger partial charge in [0, 0.05) is 32.6 Å². The van der Waals surface area contributed by atoms with Gasteiger partial charge in [-0.25, -0.2) is 4.99 Å². The Bertz CT molecular complexity index is 648. The number of halogens is 1. The van der Waals surface area contributed by atoms with E-state index in [1.165, 1.54) is 11.1 Å². The molecule has 1 fully saturated rings. The van der Waals surface area contributed by atoms with Crippen molar-refractivity contribution in [2.45, 2.75) is 53.1 Å². The Hall–Kier alpha value is -1.35. The second-order valence-corrected chi connectivity index (χ2v) is 7.52. The summed E-state index contributed by atoms with van der Waals surface area (Å²) in [5.41, 5.74) is 8.03. The molecule has 0 radical (unpaired) electrons. The van der Waals surface area contributed by atoms with Crippen LogP contribution in [0.2, 0.25) is 0 Å². The highest BCUT2D eigenvalue weighted by Crippen LogP contribution is 2.20. The SMILES string of the molecule is CCNC(=NCc1ccccc1CN(CC)CC)N1CCCC(CC(N)=O)C1.I. The summed E-state index contributed by atoms with van der Waals surface area (Å²) in [6.07, 6.45) is 2.59. The molecule has 1 saturated heterocycles. The molecule has 164 valence electrons. The van der Waals surface area contributed by atoms with Crippen LogP contribution in [0.25, 0.3) is 0 Å². The molecule has 7 heteroatoms. The van der Waals surface area contributed by atoms with Crippen LogP contribution in [0, 0.1) is 5.92 Å². The molecular weight excluding hydrogens is 477 g/mol. The van der Waals surface area contributed by atoms with Crippen molar-refractivity contribution in [2.75, 3.05) is 32.7 Å². The van der Waals surface area contributed by atoms with Crippen molar-refractivity contribution in [3.05, 3.63) is 35.4 Å². The van der Waals surface area contributed by atoms with Crippen molar-refractivity contribution in [3.8, 4) is 0 Å². The van der Waals surface area contributed by atoms with Gasteiger partial charge >= 0.3 is 0 Å². The number of rotatable bonds is 9. The van der Waals surface area contributed by atoms with E-state index in [0.29, 0.717) is 18.9 Å². The van der Waals surface area contributed by atoms with Crippen molar-refractivity contribution in [3.63, 3.8) is 0 Å². The Labute approximate surface area is 193 Å². The van der Waals surface area contributed by atoms with Gasteiger partial charge in [-0.1, -0.05) is 38.1 Å². The van der Waals surface area contributed by atoms with Gasteiger partial charge in [0.2, 0.25) is 5.91 Å². The standard InChI is InChI=1S/C22H37N5O.HI/c1-4-24-22(27-13-9-10-18(16-27)14-21(23)28)25-15-19-11-7-8-12-20(19)17-26(5-2)6-3;/h7-8,11-12,18H,4-6,9-10,13-17H2,1-3H3,(H2,23,28)(H,24,25);1H. The van der Waals surface area contributed by atoms with E-state index in [1.54, 1.807) is 0 Å². The van der Waals surface area contributed by atoms with E-state index >= 15 is 0 Å². The lowest BCUT2D eigenvalue weighted by Gasteiger charge is -2.34. The minimum absolute atomic E-state index is 0. The first-order valence-electron chi connectivity index (χ1n) is 10.7. The Kier molecular flexibility index (Phi) is 12.2. The molecule has 0 spiro atoms. The second-order valence-electron chi connectivity index (χ2n) is 7.52. The zero-order chi connectivity index (χ0) is 20.4. The van der Waals surface area contributed by atoms with E-state index in [1.807, 2.05) is 0 Å². The van der Waals surface area contributed by atoms with Crippen molar-refractivity contribution >= 4 is 35.8 Å². The van der Waals surface area contributed by atoms with Crippen molar-refractivity contribution in [1.29, 1.82) is 0 Å². The molecule has 1 unspecified atom stereocenters. The average Bonchev–Trinajstić information content (AvgIpc) is 2.69. The zero-order valence-corrected chi connectivity index (χ0v) is 20.5. The molecule has 6 nitrogen and oxygen atoms in total. The highest BCUT2D eigenvalue weighted by atomic mass is 127. The Balaban J connectivity index is 0.00000420. The molecule has 1 aliphatic heterocycles. The number of amides is 1. The summed E-state index contributed by atoms with van der Waals surface area (Å²) >= 11 is 0. The topological polar surface area (TPSA) is 74.0 Å². The highest BCUT2D eigenvalue weighted by Gasteiger charge is 2.23. The number of guanidine groups is 1. The van der Waals surface area contributed by atoms with Gasteiger partial charge in [-0.2, -0.15) is 0 Å². The van der Waals surface area contributed by atoms with E-state index in [-0.39, 0.29) is 29.9 Å². The van der Waals surface area contributed by atoms with Crippen molar-refractivity contribution in [1.82, 2.24) is 15.1 Å². The van der Waals surface area contributed by atoms with E-state index in [2.05, 4.69) is 60.2 Å². The fraction of sp³-hybridized carbons (Fsp3) is 0.636. The molecule has 3 N–H and O–H groups in total.